The summed E-state index contributed by atoms with van der Waals surface area (Å²) in [4.78, 5) is 18.6. The highest BCUT2D eigenvalue weighted by atomic mass is 35.5. The van der Waals surface area contributed by atoms with Crippen molar-refractivity contribution in [2.45, 2.75) is 105 Å². The number of aromatic nitrogens is 4. The Hall–Kier alpha value is -5.85. The molecule has 0 atom stereocenters. The monoisotopic (exact) mass is 856 g/mol. The molecule has 8 bridgehead atoms. The van der Waals surface area contributed by atoms with E-state index in [1.807, 2.05) is 12.1 Å². The van der Waals surface area contributed by atoms with Gasteiger partial charge in [0, 0.05) is 50.4 Å². The molecule has 0 saturated carbocycles. The first-order valence-corrected chi connectivity index (χ1v) is 22.3. The topological polar surface area (TPSA) is 75.8 Å². The van der Waals surface area contributed by atoms with Crippen LogP contribution in [0, 0.1) is 0 Å². The largest absolute Gasteiger partial charge is 0.496 e. The number of fused-ring (bicyclic) bond motifs is 8. The lowest BCUT2D eigenvalue weighted by Crippen LogP contribution is -2.16. The molecule has 6 nitrogen and oxygen atoms in total. The van der Waals surface area contributed by atoms with Crippen LogP contribution in [-0.4, -0.2) is 34.2 Å². The lowest BCUT2D eigenvalue weighted by Gasteiger charge is -2.26. The first kappa shape index (κ1) is 43.8. The third-order valence-electron chi connectivity index (χ3n) is 12.2. The van der Waals surface area contributed by atoms with Crippen molar-refractivity contribution >= 4 is 58.0 Å². The molecule has 63 heavy (non-hydrogen) atoms. The summed E-state index contributed by atoms with van der Waals surface area (Å²) in [7, 11) is 3.30. The average molecular weight is 858 g/mol. The zero-order valence-electron chi connectivity index (χ0n) is 39.4. The predicted octanol–water partition coefficient (Wildman–Crippen LogP) is 15.5. The average Bonchev–Trinajstić information content (AvgIpc) is 4.04. The van der Waals surface area contributed by atoms with Gasteiger partial charge in [-0.05, 0) is 116 Å². The number of methoxy groups -OCH3 is 2. The van der Waals surface area contributed by atoms with Gasteiger partial charge in [0.25, 0.3) is 0 Å². The molecule has 0 saturated heterocycles. The van der Waals surface area contributed by atoms with Crippen molar-refractivity contribution in [3.63, 3.8) is 0 Å². The van der Waals surface area contributed by atoms with Crippen molar-refractivity contribution in [1.82, 2.24) is 19.9 Å². The quantitative estimate of drug-likeness (QED) is 0.181. The van der Waals surface area contributed by atoms with Crippen molar-refractivity contribution < 1.29 is 9.47 Å². The first-order chi connectivity index (χ1) is 29.5. The summed E-state index contributed by atoms with van der Waals surface area (Å²) in [6.45, 7) is 27.3. The molecule has 0 unspecified atom stereocenters. The highest BCUT2D eigenvalue weighted by molar-refractivity contribution is 6.32. The van der Waals surface area contributed by atoms with Crippen molar-refractivity contribution in [3.05, 3.63) is 129 Å². The Bertz CT molecular complexity index is 2890. The maximum atomic E-state index is 6.76. The number of hydrogen-bond donors (Lipinski definition) is 2. The summed E-state index contributed by atoms with van der Waals surface area (Å²) in [5.74, 6) is 1.14. The van der Waals surface area contributed by atoms with Crippen LogP contribution in [0.3, 0.4) is 0 Å². The summed E-state index contributed by atoms with van der Waals surface area (Å²) in [5, 5.41) is 0.459. The third-order valence-corrected chi connectivity index (χ3v) is 12.5. The summed E-state index contributed by atoms with van der Waals surface area (Å²) in [5.41, 5.74) is 17.7. The minimum absolute atomic E-state index is 0.0793. The van der Waals surface area contributed by atoms with Gasteiger partial charge in [0.2, 0.25) is 0 Å². The van der Waals surface area contributed by atoms with E-state index < -0.39 is 0 Å². The van der Waals surface area contributed by atoms with E-state index in [2.05, 4.69) is 184 Å². The molecule has 0 spiro atoms. The summed E-state index contributed by atoms with van der Waals surface area (Å²) >= 11 is 6.76. The second-order valence-electron chi connectivity index (χ2n) is 21.1. The van der Waals surface area contributed by atoms with Crippen LogP contribution in [0.25, 0.3) is 79.8 Å². The van der Waals surface area contributed by atoms with Crippen LogP contribution in [0.4, 0.5) is 0 Å². The molecule has 0 aliphatic carbocycles. The van der Waals surface area contributed by atoms with Gasteiger partial charge in [-0.2, -0.15) is 0 Å². The number of nitrogens with one attached hydrogen (secondary N) is 2. The van der Waals surface area contributed by atoms with Crippen LogP contribution in [0.1, 0.15) is 128 Å². The maximum absolute atomic E-state index is 6.76. The minimum Gasteiger partial charge on any atom is -0.496 e. The van der Waals surface area contributed by atoms with E-state index in [4.69, 9.17) is 31.0 Å². The molecule has 0 radical (unpaired) electrons. The second kappa shape index (κ2) is 15.7. The molecule has 324 valence electrons. The van der Waals surface area contributed by atoms with Crippen LogP contribution < -0.4 is 9.47 Å². The van der Waals surface area contributed by atoms with Gasteiger partial charge in [-0.3, -0.25) is 0 Å². The number of aromatic amines is 2. The Balaban J connectivity index is 1.56. The first-order valence-electron chi connectivity index (χ1n) is 21.9. The van der Waals surface area contributed by atoms with E-state index >= 15 is 0 Å². The summed E-state index contributed by atoms with van der Waals surface area (Å²) < 4.78 is 11.9. The van der Waals surface area contributed by atoms with Gasteiger partial charge in [0.05, 0.1) is 42.0 Å². The van der Waals surface area contributed by atoms with E-state index in [9.17, 15) is 0 Å². The molecule has 7 heteroatoms. The zero-order chi connectivity index (χ0) is 45.4. The number of benzene rings is 3. The molecule has 6 aromatic rings. The van der Waals surface area contributed by atoms with Crippen molar-refractivity contribution in [2.75, 3.05) is 14.2 Å². The SMILES string of the molecule is COc1cc(-c2c3nc(c(-c4cc(C(C)(C)C)cc(C(C)(C)C)c4)c4ccc(cc5nc(c(-c6cc(C(C)(C)C)cc(C(C)(C)C)c6)c6ccc2[nH]6)C=C5)[nH]4)C=C3)c(OC)cc1Cl. The van der Waals surface area contributed by atoms with E-state index in [-0.39, 0.29) is 21.7 Å². The Labute approximate surface area is 378 Å². The van der Waals surface area contributed by atoms with Crippen molar-refractivity contribution in [3.8, 4) is 44.9 Å². The number of halogens is 1. The Morgan fingerprint density at radius 2 is 0.873 bits per heavy atom. The normalized spacial score (nSPS) is 13.2. The van der Waals surface area contributed by atoms with Crippen LogP contribution in [0.5, 0.6) is 11.5 Å². The number of rotatable bonds is 5. The molecule has 3 aromatic carbocycles. The van der Waals surface area contributed by atoms with E-state index in [0.717, 1.165) is 78.2 Å². The van der Waals surface area contributed by atoms with Gasteiger partial charge in [-0.1, -0.05) is 131 Å². The minimum atomic E-state index is -0.0793. The van der Waals surface area contributed by atoms with Gasteiger partial charge in [0.1, 0.15) is 11.5 Å². The molecule has 2 aliphatic rings. The molecule has 3 aromatic heterocycles. The van der Waals surface area contributed by atoms with E-state index in [0.29, 0.717) is 16.5 Å². The van der Waals surface area contributed by atoms with Gasteiger partial charge in [0.15, 0.2) is 0 Å². The number of nitrogens with zero attached hydrogens (tertiary/aromatic N) is 2. The van der Waals surface area contributed by atoms with Crippen LogP contribution >= 0.6 is 11.6 Å². The highest BCUT2D eigenvalue weighted by Gasteiger charge is 2.26. The van der Waals surface area contributed by atoms with Gasteiger partial charge in [-0.15, -0.1) is 0 Å². The lowest BCUT2D eigenvalue weighted by atomic mass is 9.78. The fourth-order valence-electron chi connectivity index (χ4n) is 8.36. The lowest BCUT2D eigenvalue weighted by molar-refractivity contribution is 0.404. The Kier molecular flexibility index (Phi) is 10.9. The summed E-state index contributed by atoms with van der Waals surface area (Å²) in [6.07, 6.45) is 8.48. The molecule has 0 amide bonds. The molecule has 8 rings (SSSR count). The molecule has 5 heterocycles. The van der Waals surface area contributed by atoms with Crippen LogP contribution in [0.15, 0.2) is 78.9 Å². The Morgan fingerprint density at radius 1 is 0.444 bits per heavy atom. The second-order valence-corrected chi connectivity index (χ2v) is 21.5. The van der Waals surface area contributed by atoms with E-state index in [1.54, 1.807) is 14.2 Å². The zero-order valence-corrected chi connectivity index (χ0v) is 40.2. The number of hydrogen-bond acceptors (Lipinski definition) is 4. The molecular formula is C56H61ClN4O2. The standard InChI is InChI=1S/C56H61ClN4O2/c1-53(2,3)34-23-32(24-35(27-34)54(4,5)6)50-42-17-15-38(58-42)29-39-16-18-43(59-39)51(33-25-36(55(7,8)9)28-37(26-33)56(10,11)12)45-20-22-47(61-45)52(46-21-19-44(50)60-46)40-30-49(63-14)41(57)31-48(40)62-13/h15-31,58,61H,1-14H3. The number of H-pyrrole nitrogens is 2. The van der Waals surface area contributed by atoms with Gasteiger partial charge >= 0.3 is 0 Å². The molecular weight excluding hydrogens is 796 g/mol. The van der Waals surface area contributed by atoms with Crippen molar-refractivity contribution in [2.24, 2.45) is 0 Å². The van der Waals surface area contributed by atoms with E-state index in [1.165, 1.54) is 22.3 Å². The Morgan fingerprint density at radius 3 is 1.37 bits per heavy atom. The smallest absolute Gasteiger partial charge is 0.138 e. The fourth-order valence-corrected chi connectivity index (χ4v) is 8.59. The maximum Gasteiger partial charge on any atom is 0.138 e. The summed E-state index contributed by atoms with van der Waals surface area (Å²) in [6, 6.07) is 28.5. The molecule has 2 aliphatic heterocycles. The number of ether oxygens (including phenoxy) is 2. The highest BCUT2D eigenvalue weighted by Crippen LogP contribution is 2.44. The van der Waals surface area contributed by atoms with Crippen molar-refractivity contribution in [1.29, 1.82) is 0 Å². The molecule has 0 fully saturated rings. The van der Waals surface area contributed by atoms with Gasteiger partial charge in [-0.25, -0.2) is 9.97 Å². The van der Waals surface area contributed by atoms with Gasteiger partial charge < -0.3 is 19.4 Å². The predicted molar refractivity (Wildman–Crippen MR) is 268 cm³/mol. The van der Waals surface area contributed by atoms with Crippen LogP contribution in [0.2, 0.25) is 5.02 Å². The van der Waals surface area contributed by atoms with Crippen LogP contribution in [-0.2, 0) is 21.7 Å². The molecule has 2 N–H and O–H groups in total. The fraction of sp³-hybridized carbons (Fsp3) is 0.321. The third kappa shape index (κ3) is 8.63.